The number of amides is 1. The minimum absolute atomic E-state index is 0.148. The molecule has 1 aromatic heterocycles. The van der Waals surface area contributed by atoms with Gasteiger partial charge in [0.2, 0.25) is 0 Å². The van der Waals surface area contributed by atoms with Crippen LogP contribution in [0.2, 0.25) is 0 Å². The Kier molecular flexibility index (Phi) is 2.89. The second-order valence-corrected chi connectivity index (χ2v) is 6.25. The lowest BCUT2D eigenvalue weighted by molar-refractivity contribution is 0.0290. The van der Waals surface area contributed by atoms with E-state index < -0.39 is 0 Å². The molecule has 6 heteroatoms. The van der Waals surface area contributed by atoms with Crippen LogP contribution in [0.25, 0.3) is 0 Å². The van der Waals surface area contributed by atoms with Crippen molar-refractivity contribution in [2.24, 2.45) is 0 Å². The van der Waals surface area contributed by atoms with Crippen LogP contribution >= 0.6 is 0 Å². The number of likely N-dealkylation sites (tertiary alicyclic amines) is 1. The standard InChI is InChI=1S/C14H20N4O2/c19-14(20-12-3-1-2-4-12)17-7-11(8-17)18-9-13(15-16-18)10-5-6-10/h9-12H,1-8H2. The van der Waals surface area contributed by atoms with Crippen LogP contribution in [0.4, 0.5) is 4.79 Å². The molecular weight excluding hydrogens is 256 g/mol. The molecule has 3 aliphatic rings. The van der Waals surface area contributed by atoms with Gasteiger partial charge in [-0.15, -0.1) is 5.10 Å². The van der Waals surface area contributed by atoms with Crippen LogP contribution in [-0.2, 0) is 4.74 Å². The van der Waals surface area contributed by atoms with Gasteiger partial charge in [-0.3, -0.25) is 0 Å². The Hall–Kier alpha value is -1.59. The molecule has 0 bridgehead atoms. The topological polar surface area (TPSA) is 60.2 Å². The van der Waals surface area contributed by atoms with Crippen LogP contribution in [0.3, 0.4) is 0 Å². The molecule has 0 unspecified atom stereocenters. The Morgan fingerprint density at radius 2 is 1.95 bits per heavy atom. The van der Waals surface area contributed by atoms with Crippen LogP contribution in [0.1, 0.15) is 56.2 Å². The number of nitrogens with zero attached hydrogens (tertiary/aromatic N) is 4. The quantitative estimate of drug-likeness (QED) is 0.848. The summed E-state index contributed by atoms with van der Waals surface area (Å²) in [5.41, 5.74) is 1.11. The largest absolute Gasteiger partial charge is 0.446 e. The average Bonchev–Trinajstić information content (AvgIpc) is 2.90. The molecule has 0 N–H and O–H groups in total. The highest BCUT2D eigenvalue weighted by Crippen LogP contribution is 2.39. The predicted octanol–water partition coefficient (Wildman–Crippen LogP) is 2.09. The lowest BCUT2D eigenvalue weighted by atomic mass is 10.1. The number of rotatable bonds is 3. The third kappa shape index (κ3) is 2.27. The molecule has 1 aliphatic heterocycles. The van der Waals surface area contributed by atoms with E-state index in [0.717, 1.165) is 18.5 Å². The van der Waals surface area contributed by atoms with Gasteiger partial charge in [-0.1, -0.05) is 5.21 Å². The SMILES string of the molecule is O=C(OC1CCCC1)N1CC(n2cc(C3CC3)nn2)C1. The van der Waals surface area contributed by atoms with Gasteiger partial charge in [-0.25, -0.2) is 9.48 Å². The van der Waals surface area contributed by atoms with Gasteiger partial charge in [0.1, 0.15) is 6.10 Å². The van der Waals surface area contributed by atoms with Gasteiger partial charge in [0.25, 0.3) is 0 Å². The van der Waals surface area contributed by atoms with Crippen molar-refractivity contribution in [1.29, 1.82) is 0 Å². The van der Waals surface area contributed by atoms with Crippen LogP contribution in [0.5, 0.6) is 0 Å². The Morgan fingerprint density at radius 3 is 2.65 bits per heavy atom. The van der Waals surface area contributed by atoms with Crippen LogP contribution in [-0.4, -0.2) is 45.2 Å². The summed E-state index contributed by atoms with van der Waals surface area (Å²) in [4.78, 5) is 13.7. The van der Waals surface area contributed by atoms with Crippen molar-refractivity contribution in [1.82, 2.24) is 19.9 Å². The number of aromatic nitrogens is 3. The van der Waals surface area contributed by atoms with E-state index in [9.17, 15) is 4.79 Å². The zero-order valence-electron chi connectivity index (χ0n) is 11.6. The van der Waals surface area contributed by atoms with Crippen LogP contribution in [0.15, 0.2) is 6.20 Å². The summed E-state index contributed by atoms with van der Waals surface area (Å²) >= 11 is 0. The molecule has 2 saturated carbocycles. The first kappa shape index (κ1) is 12.2. The van der Waals surface area contributed by atoms with E-state index in [1.165, 1.54) is 25.7 Å². The summed E-state index contributed by atoms with van der Waals surface area (Å²) in [6, 6.07) is 0.270. The Morgan fingerprint density at radius 1 is 1.20 bits per heavy atom. The minimum Gasteiger partial charge on any atom is -0.446 e. The van der Waals surface area contributed by atoms with Crippen molar-refractivity contribution in [2.75, 3.05) is 13.1 Å². The second kappa shape index (κ2) is 4.75. The summed E-state index contributed by atoms with van der Waals surface area (Å²) in [6.07, 6.45) is 8.93. The highest BCUT2D eigenvalue weighted by Gasteiger charge is 2.36. The first-order valence-corrected chi connectivity index (χ1v) is 7.67. The van der Waals surface area contributed by atoms with Gasteiger partial charge < -0.3 is 9.64 Å². The van der Waals surface area contributed by atoms with E-state index in [2.05, 4.69) is 10.3 Å². The van der Waals surface area contributed by atoms with E-state index in [0.29, 0.717) is 19.0 Å². The highest BCUT2D eigenvalue weighted by atomic mass is 16.6. The molecule has 6 nitrogen and oxygen atoms in total. The van der Waals surface area contributed by atoms with Gasteiger partial charge in [0.05, 0.1) is 11.7 Å². The van der Waals surface area contributed by atoms with E-state index >= 15 is 0 Å². The lowest BCUT2D eigenvalue weighted by Gasteiger charge is -2.38. The lowest BCUT2D eigenvalue weighted by Crippen LogP contribution is -2.51. The fourth-order valence-electron chi connectivity index (χ4n) is 3.03. The average molecular weight is 276 g/mol. The van der Waals surface area contributed by atoms with Gasteiger partial charge in [0.15, 0.2) is 0 Å². The minimum atomic E-state index is -0.157. The Labute approximate surface area is 118 Å². The number of hydrogen-bond donors (Lipinski definition) is 0. The molecule has 108 valence electrons. The van der Waals surface area contributed by atoms with Crippen LogP contribution in [0, 0.1) is 0 Å². The van der Waals surface area contributed by atoms with Crippen molar-refractivity contribution in [3.05, 3.63) is 11.9 Å². The Balaban J connectivity index is 1.28. The molecular formula is C14H20N4O2. The van der Waals surface area contributed by atoms with Gasteiger partial charge in [0, 0.05) is 25.2 Å². The molecule has 2 aliphatic carbocycles. The molecule has 1 amide bonds. The van der Waals surface area contributed by atoms with Crippen LogP contribution < -0.4 is 0 Å². The molecule has 0 aromatic carbocycles. The number of ether oxygens (including phenoxy) is 1. The molecule has 0 radical (unpaired) electrons. The summed E-state index contributed by atoms with van der Waals surface area (Å²) < 4.78 is 7.40. The fourth-order valence-corrected chi connectivity index (χ4v) is 3.03. The predicted molar refractivity (Wildman–Crippen MR) is 71.3 cm³/mol. The van der Waals surface area contributed by atoms with E-state index in [1.807, 2.05) is 10.9 Å². The zero-order chi connectivity index (χ0) is 13.5. The number of carbonyl (C=O) groups excluding carboxylic acids is 1. The first-order valence-electron chi connectivity index (χ1n) is 7.67. The molecule has 4 rings (SSSR count). The van der Waals surface area contributed by atoms with Crippen molar-refractivity contribution in [3.63, 3.8) is 0 Å². The van der Waals surface area contributed by atoms with E-state index in [1.54, 1.807) is 4.90 Å². The maximum Gasteiger partial charge on any atom is 0.410 e. The maximum absolute atomic E-state index is 11.9. The molecule has 0 spiro atoms. The summed E-state index contributed by atoms with van der Waals surface area (Å²) in [5.74, 6) is 0.632. The molecule has 1 aromatic rings. The van der Waals surface area contributed by atoms with Gasteiger partial charge >= 0.3 is 6.09 Å². The molecule has 3 fully saturated rings. The maximum atomic E-state index is 11.9. The monoisotopic (exact) mass is 276 g/mol. The molecule has 1 saturated heterocycles. The number of carbonyl (C=O) groups is 1. The molecule has 20 heavy (non-hydrogen) atoms. The molecule has 0 atom stereocenters. The zero-order valence-corrected chi connectivity index (χ0v) is 11.6. The third-order valence-corrected chi connectivity index (χ3v) is 4.59. The van der Waals surface area contributed by atoms with Gasteiger partial charge in [-0.2, -0.15) is 0 Å². The van der Waals surface area contributed by atoms with Crippen molar-refractivity contribution >= 4 is 6.09 Å². The molecule has 2 heterocycles. The summed E-state index contributed by atoms with van der Waals surface area (Å²) in [7, 11) is 0. The summed E-state index contributed by atoms with van der Waals surface area (Å²) in [6.45, 7) is 1.39. The van der Waals surface area contributed by atoms with Gasteiger partial charge in [-0.05, 0) is 38.5 Å². The normalized spacial score (nSPS) is 23.9. The first-order chi connectivity index (χ1) is 9.79. The highest BCUT2D eigenvalue weighted by molar-refractivity contribution is 5.69. The van der Waals surface area contributed by atoms with E-state index in [-0.39, 0.29) is 18.2 Å². The smallest absolute Gasteiger partial charge is 0.410 e. The fraction of sp³-hybridized carbons (Fsp3) is 0.786. The van der Waals surface area contributed by atoms with Crippen molar-refractivity contribution < 1.29 is 9.53 Å². The second-order valence-electron chi connectivity index (χ2n) is 6.25. The third-order valence-electron chi connectivity index (χ3n) is 4.59. The van der Waals surface area contributed by atoms with E-state index in [4.69, 9.17) is 4.74 Å². The number of hydrogen-bond acceptors (Lipinski definition) is 4. The summed E-state index contributed by atoms with van der Waals surface area (Å²) in [5, 5.41) is 8.40. The Bertz CT molecular complexity index is 499. The van der Waals surface area contributed by atoms with Crippen molar-refractivity contribution in [2.45, 2.75) is 56.6 Å². The van der Waals surface area contributed by atoms with Crippen molar-refractivity contribution in [3.8, 4) is 0 Å².